The highest BCUT2D eigenvalue weighted by Gasteiger charge is 2.16. The molecule has 1 N–H and O–H groups in total. The zero-order valence-corrected chi connectivity index (χ0v) is 16.2. The zero-order valence-electron chi connectivity index (χ0n) is 13.8. The fraction of sp³-hybridized carbons (Fsp3) is 0.278. The Morgan fingerprint density at radius 3 is 2.50 bits per heavy atom. The number of benzene rings is 2. The lowest BCUT2D eigenvalue weighted by Crippen LogP contribution is -2.23. The Labute approximate surface area is 155 Å². The third-order valence-corrected chi connectivity index (χ3v) is 5.19. The molecule has 0 aliphatic carbocycles. The van der Waals surface area contributed by atoms with Crippen molar-refractivity contribution in [2.45, 2.75) is 17.9 Å². The Morgan fingerprint density at radius 1 is 1.17 bits per heavy atom. The highest BCUT2D eigenvalue weighted by Crippen LogP contribution is 2.30. The first-order valence-corrected chi connectivity index (χ1v) is 9.26. The minimum absolute atomic E-state index is 0.0661. The molecule has 4 nitrogen and oxygen atoms in total. The number of hydrogen-bond acceptors (Lipinski definition) is 4. The van der Waals surface area contributed by atoms with Gasteiger partial charge in [0.15, 0.2) is 0 Å². The van der Waals surface area contributed by atoms with E-state index in [2.05, 4.69) is 21.2 Å². The summed E-state index contributed by atoms with van der Waals surface area (Å²) in [6, 6.07) is 13.4. The fourth-order valence-corrected chi connectivity index (χ4v) is 3.13. The largest absolute Gasteiger partial charge is 0.497 e. The van der Waals surface area contributed by atoms with Gasteiger partial charge in [-0.2, -0.15) is 0 Å². The van der Waals surface area contributed by atoms with Gasteiger partial charge in [0.25, 0.3) is 0 Å². The molecular formula is C18H20BrNO3S. The average Bonchev–Trinajstić information content (AvgIpc) is 2.60. The fourth-order valence-electron chi connectivity index (χ4n) is 2.02. The van der Waals surface area contributed by atoms with E-state index in [1.54, 1.807) is 44.2 Å². The average molecular weight is 410 g/mol. The van der Waals surface area contributed by atoms with Crippen LogP contribution in [-0.2, 0) is 10.5 Å². The molecule has 1 atom stereocenters. The molecule has 0 radical (unpaired) electrons. The van der Waals surface area contributed by atoms with Crippen molar-refractivity contribution in [3.63, 3.8) is 0 Å². The molecule has 0 aliphatic rings. The van der Waals surface area contributed by atoms with Gasteiger partial charge in [0.2, 0.25) is 5.91 Å². The third kappa shape index (κ3) is 5.18. The second kappa shape index (κ2) is 8.99. The molecule has 1 unspecified atom stereocenters. The summed E-state index contributed by atoms with van der Waals surface area (Å²) >= 11 is 5.00. The van der Waals surface area contributed by atoms with Crippen molar-refractivity contribution >= 4 is 39.3 Å². The molecule has 0 saturated heterocycles. The van der Waals surface area contributed by atoms with E-state index in [1.807, 2.05) is 31.2 Å². The third-order valence-electron chi connectivity index (χ3n) is 3.45. The Kier molecular flexibility index (Phi) is 6.99. The molecule has 0 saturated carbocycles. The first-order valence-electron chi connectivity index (χ1n) is 7.42. The summed E-state index contributed by atoms with van der Waals surface area (Å²) in [6.07, 6.45) is 0. The summed E-state index contributed by atoms with van der Waals surface area (Å²) in [5.74, 6) is 1.98. The summed E-state index contributed by atoms with van der Waals surface area (Å²) in [4.78, 5) is 12.4. The minimum atomic E-state index is -0.190. The maximum absolute atomic E-state index is 12.4. The smallest absolute Gasteiger partial charge is 0.237 e. The molecule has 2 aromatic carbocycles. The number of ether oxygens (including phenoxy) is 2. The van der Waals surface area contributed by atoms with Crippen molar-refractivity contribution in [1.82, 2.24) is 0 Å². The van der Waals surface area contributed by atoms with Gasteiger partial charge in [-0.25, -0.2) is 0 Å². The molecule has 0 spiro atoms. The Morgan fingerprint density at radius 2 is 1.88 bits per heavy atom. The van der Waals surface area contributed by atoms with Crippen molar-refractivity contribution in [2.75, 3.05) is 19.5 Å². The van der Waals surface area contributed by atoms with Gasteiger partial charge in [-0.3, -0.25) is 4.79 Å². The van der Waals surface area contributed by atoms with Crippen LogP contribution in [0.3, 0.4) is 0 Å². The molecule has 0 heterocycles. The quantitative estimate of drug-likeness (QED) is 0.717. The molecule has 2 rings (SSSR count). The van der Waals surface area contributed by atoms with Gasteiger partial charge in [0, 0.05) is 16.3 Å². The van der Waals surface area contributed by atoms with Crippen molar-refractivity contribution in [3.8, 4) is 11.5 Å². The lowest BCUT2D eigenvalue weighted by atomic mass is 10.2. The van der Waals surface area contributed by atoms with E-state index < -0.39 is 0 Å². The normalized spacial score (nSPS) is 11.7. The Balaban J connectivity index is 1.97. The second-order valence-corrected chi connectivity index (χ2v) is 7.38. The van der Waals surface area contributed by atoms with Crippen LogP contribution in [-0.4, -0.2) is 25.4 Å². The van der Waals surface area contributed by atoms with Gasteiger partial charge < -0.3 is 14.8 Å². The van der Waals surface area contributed by atoms with Crippen LogP contribution in [0.5, 0.6) is 11.5 Å². The van der Waals surface area contributed by atoms with E-state index in [0.29, 0.717) is 17.2 Å². The maximum atomic E-state index is 12.4. The number of anilines is 1. The van der Waals surface area contributed by atoms with Gasteiger partial charge in [0.1, 0.15) is 11.5 Å². The number of hydrogen-bond donors (Lipinski definition) is 1. The number of methoxy groups -OCH3 is 2. The van der Waals surface area contributed by atoms with Gasteiger partial charge in [0.05, 0.1) is 25.2 Å². The number of halogens is 1. The first kappa shape index (κ1) is 18.7. The molecule has 2 aromatic rings. The molecule has 24 heavy (non-hydrogen) atoms. The van der Waals surface area contributed by atoms with Crippen molar-refractivity contribution in [2.24, 2.45) is 0 Å². The van der Waals surface area contributed by atoms with Crippen molar-refractivity contribution < 1.29 is 14.3 Å². The van der Waals surface area contributed by atoms with Crippen molar-refractivity contribution in [3.05, 3.63) is 52.5 Å². The summed E-state index contributed by atoms with van der Waals surface area (Å²) in [5.41, 5.74) is 1.79. The summed E-state index contributed by atoms with van der Waals surface area (Å²) in [5, 5.41) is 2.72. The molecular weight excluding hydrogens is 390 g/mol. The SMILES string of the molecule is COc1ccc(OC)c(NC(=O)C(C)SCc2ccc(Br)cc2)c1. The van der Waals surface area contributed by atoms with E-state index in [-0.39, 0.29) is 11.2 Å². The number of nitrogens with one attached hydrogen (secondary N) is 1. The summed E-state index contributed by atoms with van der Waals surface area (Å²) < 4.78 is 11.5. The first-order chi connectivity index (χ1) is 11.5. The highest BCUT2D eigenvalue weighted by atomic mass is 79.9. The lowest BCUT2D eigenvalue weighted by Gasteiger charge is -2.15. The van der Waals surface area contributed by atoms with Crippen LogP contribution < -0.4 is 14.8 Å². The predicted octanol–water partition coefficient (Wildman–Crippen LogP) is 4.73. The topological polar surface area (TPSA) is 47.6 Å². The monoisotopic (exact) mass is 409 g/mol. The maximum Gasteiger partial charge on any atom is 0.237 e. The number of carbonyl (C=O) groups is 1. The number of rotatable bonds is 7. The molecule has 0 aromatic heterocycles. The van der Waals surface area contributed by atoms with Gasteiger partial charge >= 0.3 is 0 Å². The Bertz CT molecular complexity index is 691. The predicted molar refractivity (Wildman–Crippen MR) is 103 cm³/mol. The summed E-state index contributed by atoms with van der Waals surface area (Å²) in [7, 11) is 3.16. The van der Waals surface area contributed by atoms with Gasteiger partial charge in [-0.15, -0.1) is 11.8 Å². The van der Waals surface area contributed by atoms with Crippen LogP contribution in [0.25, 0.3) is 0 Å². The van der Waals surface area contributed by atoms with Crippen LogP contribution in [0.4, 0.5) is 5.69 Å². The number of thioether (sulfide) groups is 1. The van der Waals surface area contributed by atoms with E-state index in [1.165, 1.54) is 5.56 Å². The van der Waals surface area contributed by atoms with Crippen LogP contribution in [0, 0.1) is 0 Å². The van der Waals surface area contributed by atoms with E-state index in [9.17, 15) is 4.79 Å². The van der Waals surface area contributed by atoms with Crippen LogP contribution in [0.15, 0.2) is 46.9 Å². The molecule has 1 amide bonds. The van der Waals surface area contributed by atoms with E-state index in [0.717, 1.165) is 10.2 Å². The Hall–Kier alpha value is -1.66. The van der Waals surface area contributed by atoms with E-state index >= 15 is 0 Å². The highest BCUT2D eigenvalue weighted by molar-refractivity contribution is 9.10. The molecule has 6 heteroatoms. The van der Waals surface area contributed by atoms with Crippen LogP contribution in [0.1, 0.15) is 12.5 Å². The minimum Gasteiger partial charge on any atom is -0.497 e. The van der Waals surface area contributed by atoms with Crippen LogP contribution in [0.2, 0.25) is 0 Å². The molecule has 128 valence electrons. The molecule has 0 bridgehead atoms. The number of amides is 1. The number of carbonyl (C=O) groups excluding carboxylic acids is 1. The van der Waals surface area contributed by atoms with E-state index in [4.69, 9.17) is 9.47 Å². The lowest BCUT2D eigenvalue weighted by molar-refractivity contribution is -0.115. The summed E-state index contributed by atoms with van der Waals surface area (Å²) in [6.45, 7) is 1.89. The van der Waals surface area contributed by atoms with Crippen LogP contribution >= 0.6 is 27.7 Å². The standard InChI is InChI=1S/C18H20BrNO3S/c1-12(24-11-13-4-6-14(19)7-5-13)18(21)20-16-10-15(22-2)8-9-17(16)23-3/h4-10,12H,11H2,1-3H3,(H,20,21). The molecule has 0 aliphatic heterocycles. The molecule has 0 fully saturated rings. The zero-order chi connectivity index (χ0) is 17.5. The second-order valence-electron chi connectivity index (χ2n) is 5.14. The van der Waals surface area contributed by atoms with Gasteiger partial charge in [-0.1, -0.05) is 28.1 Å². The van der Waals surface area contributed by atoms with Gasteiger partial charge in [-0.05, 0) is 36.8 Å². The van der Waals surface area contributed by atoms with Crippen molar-refractivity contribution in [1.29, 1.82) is 0 Å².